The highest BCUT2D eigenvalue weighted by Crippen LogP contribution is 2.16. The van der Waals surface area contributed by atoms with Crippen molar-refractivity contribution < 1.29 is 4.79 Å². The van der Waals surface area contributed by atoms with Crippen molar-refractivity contribution in [3.05, 3.63) is 75.8 Å². The molecule has 20 heavy (non-hydrogen) atoms. The Bertz CT molecular complexity index is 624. The molecule has 0 aliphatic rings. The Kier molecular flexibility index (Phi) is 4.91. The highest BCUT2D eigenvalue weighted by Gasteiger charge is 2.02. The van der Waals surface area contributed by atoms with Gasteiger partial charge in [-0.05, 0) is 35.3 Å². The maximum atomic E-state index is 12.0. The Morgan fingerprint density at radius 1 is 1.10 bits per heavy atom. The van der Waals surface area contributed by atoms with E-state index in [0.29, 0.717) is 11.5 Å². The molecule has 1 nitrogen and oxygen atoms in total. The van der Waals surface area contributed by atoms with Crippen LogP contribution in [0.2, 0.25) is 0 Å². The number of allylic oxidation sites excluding steroid dienone is 1. The number of rotatable bonds is 4. The van der Waals surface area contributed by atoms with Gasteiger partial charge in [-0.25, -0.2) is 0 Å². The zero-order chi connectivity index (χ0) is 14.5. The third kappa shape index (κ3) is 3.91. The topological polar surface area (TPSA) is 17.1 Å². The van der Waals surface area contributed by atoms with E-state index in [2.05, 4.69) is 41.9 Å². The van der Waals surface area contributed by atoms with Gasteiger partial charge in [0.15, 0.2) is 5.78 Å². The molecule has 0 fully saturated rings. The zero-order valence-corrected chi connectivity index (χ0v) is 13.2. The molecule has 0 aliphatic heterocycles. The van der Waals surface area contributed by atoms with Gasteiger partial charge in [0.25, 0.3) is 0 Å². The molecule has 0 N–H and O–H groups in total. The first-order valence-electron chi connectivity index (χ1n) is 6.64. The first-order chi connectivity index (χ1) is 9.56. The van der Waals surface area contributed by atoms with Crippen LogP contribution in [-0.2, 0) is 0 Å². The fourth-order valence-electron chi connectivity index (χ4n) is 1.90. The molecular weight excluding hydrogens is 312 g/mol. The Labute approximate surface area is 128 Å². The molecule has 0 unspecified atom stereocenters. The summed E-state index contributed by atoms with van der Waals surface area (Å²) in [5.74, 6) is 0.538. The van der Waals surface area contributed by atoms with Crippen molar-refractivity contribution >= 4 is 27.8 Å². The van der Waals surface area contributed by atoms with Crippen LogP contribution in [0.3, 0.4) is 0 Å². The van der Waals surface area contributed by atoms with Gasteiger partial charge in [0.05, 0.1) is 0 Å². The number of halogens is 1. The van der Waals surface area contributed by atoms with Gasteiger partial charge < -0.3 is 0 Å². The molecular formula is C18H17BrO. The molecule has 0 saturated heterocycles. The highest BCUT2D eigenvalue weighted by atomic mass is 79.9. The van der Waals surface area contributed by atoms with E-state index >= 15 is 0 Å². The van der Waals surface area contributed by atoms with Crippen molar-refractivity contribution in [1.29, 1.82) is 0 Å². The largest absolute Gasteiger partial charge is 0.289 e. The molecule has 102 valence electrons. The number of carbonyl (C=O) groups is 1. The van der Waals surface area contributed by atoms with E-state index in [-0.39, 0.29) is 5.78 Å². The van der Waals surface area contributed by atoms with Crippen molar-refractivity contribution in [2.24, 2.45) is 0 Å². The minimum absolute atomic E-state index is 0.0132. The highest BCUT2D eigenvalue weighted by molar-refractivity contribution is 9.10. The smallest absolute Gasteiger partial charge is 0.185 e. The summed E-state index contributed by atoms with van der Waals surface area (Å²) in [6.07, 6.45) is 3.47. The van der Waals surface area contributed by atoms with E-state index < -0.39 is 0 Å². The average Bonchev–Trinajstić information content (AvgIpc) is 2.45. The van der Waals surface area contributed by atoms with Crippen LogP contribution in [0.5, 0.6) is 0 Å². The first kappa shape index (κ1) is 14.7. The summed E-state index contributed by atoms with van der Waals surface area (Å²) in [5.41, 5.74) is 3.03. The minimum atomic E-state index is 0.0132. The van der Waals surface area contributed by atoms with E-state index in [1.54, 1.807) is 6.08 Å². The van der Waals surface area contributed by atoms with Crippen LogP contribution in [-0.4, -0.2) is 5.78 Å². The monoisotopic (exact) mass is 328 g/mol. The molecule has 0 heterocycles. The molecule has 2 rings (SSSR count). The third-order valence-electron chi connectivity index (χ3n) is 3.14. The Hall–Kier alpha value is -1.67. The van der Waals surface area contributed by atoms with Crippen molar-refractivity contribution in [2.75, 3.05) is 0 Å². The van der Waals surface area contributed by atoms with Crippen molar-refractivity contribution in [1.82, 2.24) is 0 Å². The molecule has 0 amide bonds. The molecule has 2 aromatic rings. The first-order valence-corrected chi connectivity index (χ1v) is 7.43. The predicted octanol–water partition coefficient (Wildman–Crippen LogP) is 5.47. The van der Waals surface area contributed by atoms with E-state index in [9.17, 15) is 4.79 Å². The van der Waals surface area contributed by atoms with Crippen LogP contribution in [0.4, 0.5) is 0 Å². The zero-order valence-electron chi connectivity index (χ0n) is 11.6. The van der Waals surface area contributed by atoms with Gasteiger partial charge in [0.1, 0.15) is 0 Å². The van der Waals surface area contributed by atoms with Gasteiger partial charge in [0.2, 0.25) is 0 Å². The second kappa shape index (κ2) is 6.67. The molecule has 2 aromatic carbocycles. The molecule has 0 radical (unpaired) electrons. The fraction of sp³-hybridized carbons (Fsp3) is 0.167. The normalized spacial score (nSPS) is 11.2. The molecule has 0 aliphatic carbocycles. The van der Waals surface area contributed by atoms with Gasteiger partial charge >= 0.3 is 0 Å². The second-order valence-corrected chi connectivity index (χ2v) is 5.94. The Morgan fingerprint density at radius 3 is 2.40 bits per heavy atom. The summed E-state index contributed by atoms with van der Waals surface area (Å²) in [5, 5.41) is 0. The summed E-state index contributed by atoms with van der Waals surface area (Å²) in [6, 6.07) is 15.7. The van der Waals surface area contributed by atoms with E-state index in [0.717, 1.165) is 10.0 Å². The summed E-state index contributed by atoms with van der Waals surface area (Å²) in [4.78, 5) is 12.0. The second-order valence-electron chi connectivity index (χ2n) is 5.03. The maximum Gasteiger partial charge on any atom is 0.185 e. The van der Waals surface area contributed by atoms with Crippen LogP contribution >= 0.6 is 15.9 Å². The molecule has 0 atom stereocenters. The van der Waals surface area contributed by atoms with Crippen molar-refractivity contribution in [2.45, 2.75) is 19.8 Å². The van der Waals surface area contributed by atoms with Crippen LogP contribution in [0, 0.1) is 0 Å². The van der Waals surface area contributed by atoms with Crippen LogP contribution in [0.15, 0.2) is 59.1 Å². The molecule has 2 heteroatoms. The predicted molar refractivity (Wildman–Crippen MR) is 88.0 cm³/mol. The fourth-order valence-corrected chi connectivity index (χ4v) is 2.30. The summed E-state index contributed by atoms with van der Waals surface area (Å²) < 4.78 is 0.915. The SMILES string of the molecule is CC(C)c1ccc(/C=C/C(=O)c2cccc(Br)c2)cc1. The quantitative estimate of drug-likeness (QED) is 0.537. The van der Waals surface area contributed by atoms with Crippen LogP contribution in [0.25, 0.3) is 6.08 Å². The standard InChI is InChI=1S/C18H17BrO/c1-13(2)15-9-6-14(7-10-15)8-11-18(20)16-4-3-5-17(19)12-16/h3-13H,1-2H3/b11-8+. The number of hydrogen-bond donors (Lipinski definition) is 0. The summed E-state index contributed by atoms with van der Waals surface area (Å²) >= 11 is 3.37. The van der Waals surface area contributed by atoms with E-state index in [4.69, 9.17) is 0 Å². The molecule has 0 spiro atoms. The maximum absolute atomic E-state index is 12.0. The Morgan fingerprint density at radius 2 is 1.80 bits per heavy atom. The van der Waals surface area contributed by atoms with Gasteiger partial charge in [-0.15, -0.1) is 0 Å². The van der Waals surface area contributed by atoms with Crippen molar-refractivity contribution in [3.8, 4) is 0 Å². The van der Waals surface area contributed by atoms with Crippen LogP contribution in [0.1, 0.15) is 41.3 Å². The lowest BCUT2D eigenvalue weighted by Gasteiger charge is -2.04. The lowest BCUT2D eigenvalue weighted by atomic mass is 10.0. The minimum Gasteiger partial charge on any atom is -0.289 e. The molecule has 0 aromatic heterocycles. The number of benzene rings is 2. The van der Waals surface area contributed by atoms with Crippen molar-refractivity contribution in [3.63, 3.8) is 0 Å². The van der Waals surface area contributed by atoms with E-state index in [1.807, 2.05) is 42.5 Å². The average molecular weight is 329 g/mol. The number of ketones is 1. The molecule has 0 bridgehead atoms. The molecule has 0 saturated carbocycles. The van der Waals surface area contributed by atoms with Gasteiger partial charge in [-0.1, -0.05) is 72.3 Å². The Balaban J connectivity index is 2.11. The van der Waals surface area contributed by atoms with Gasteiger partial charge in [-0.3, -0.25) is 4.79 Å². The lowest BCUT2D eigenvalue weighted by Crippen LogP contribution is -1.93. The lowest BCUT2D eigenvalue weighted by molar-refractivity contribution is 0.104. The van der Waals surface area contributed by atoms with Gasteiger partial charge in [0, 0.05) is 10.0 Å². The summed E-state index contributed by atoms with van der Waals surface area (Å²) in [7, 11) is 0. The van der Waals surface area contributed by atoms with Gasteiger partial charge in [-0.2, -0.15) is 0 Å². The third-order valence-corrected chi connectivity index (χ3v) is 3.63. The van der Waals surface area contributed by atoms with E-state index in [1.165, 1.54) is 5.56 Å². The summed E-state index contributed by atoms with van der Waals surface area (Å²) in [6.45, 7) is 4.34. The number of carbonyl (C=O) groups excluding carboxylic acids is 1. The van der Waals surface area contributed by atoms with Crippen LogP contribution < -0.4 is 0 Å². The number of hydrogen-bond acceptors (Lipinski definition) is 1.